The van der Waals surface area contributed by atoms with E-state index < -0.39 is 0 Å². The van der Waals surface area contributed by atoms with Gasteiger partial charge in [0.1, 0.15) is 0 Å². The van der Waals surface area contributed by atoms with Gasteiger partial charge in [0.2, 0.25) is 0 Å². The predicted octanol–water partition coefficient (Wildman–Crippen LogP) is 1.82. The van der Waals surface area contributed by atoms with Crippen LogP contribution in [0.2, 0.25) is 0 Å². The standard InChI is InChI=1S/C15H23N3O/c1-18(13-7-9-19-10-8-13)11-14(15(16)17)12-5-3-2-4-6-12/h2-6,13-14H,7-11H2,1H3,(H3,16,17). The molecule has 0 saturated carbocycles. The van der Waals surface area contributed by atoms with Gasteiger partial charge in [0.05, 0.1) is 11.8 Å². The third kappa shape index (κ3) is 3.78. The molecule has 0 bridgehead atoms. The second-order valence-corrected chi connectivity index (χ2v) is 5.20. The molecule has 0 radical (unpaired) electrons. The summed E-state index contributed by atoms with van der Waals surface area (Å²) in [4.78, 5) is 2.32. The Morgan fingerprint density at radius 3 is 2.58 bits per heavy atom. The van der Waals surface area contributed by atoms with Crippen LogP contribution >= 0.6 is 0 Å². The zero-order valence-corrected chi connectivity index (χ0v) is 11.5. The molecule has 1 saturated heterocycles. The second kappa shape index (κ2) is 6.68. The maximum Gasteiger partial charge on any atom is 0.0995 e. The quantitative estimate of drug-likeness (QED) is 0.628. The Hall–Kier alpha value is -1.39. The topological polar surface area (TPSA) is 62.3 Å². The van der Waals surface area contributed by atoms with E-state index in [4.69, 9.17) is 15.9 Å². The van der Waals surface area contributed by atoms with Crippen LogP contribution in [0.1, 0.15) is 24.3 Å². The number of nitrogens with two attached hydrogens (primary N) is 1. The molecule has 0 aliphatic carbocycles. The molecule has 0 aromatic heterocycles. The van der Waals surface area contributed by atoms with Gasteiger partial charge >= 0.3 is 0 Å². The highest BCUT2D eigenvalue weighted by Gasteiger charge is 2.23. The van der Waals surface area contributed by atoms with Crippen LogP contribution in [0.15, 0.2) is 30.3 Å². The number of ether oxygens (including phenoxy) is 1. The van der Waals surface area contributed by atoms with Gasteiger partial charge in [-0.25, -0.2) is 0 Å². The van der Waals surface area contributed by atoms with E-state index in [0.29, 0.717) is 6.04 Å². The molecular formula is C15H23N3O. The molecule has 1 aromatic rings. The normalized spacial score (nSPS) is 18.4. The molecule has 1 atom stereocenters. The molecule has 1 heterocycles. The molecule has 1 unspecified atom stereocenters. The molecule has 104 valence electrons. The first-order valence-corrected chi connectivity index (χ1v) is 6.85. The molecule has 1 aliphatic heterocycles. The average Bonchev–Trinajstić information content (AvgIpc) is 2.46. The molecular weight excluding hydrogens is 238 g/mol. The van der Waals surface area contributed by atoms with Crippen molar-refractivity contribution in [3.05, 3.63) is 35.9 Å². The SMILES string of the molecule is CN(CC(C(=N)N)c1ccccc1)C1CCOCC1. The Morgan fingerprint density at radius 2 is 2.00 bits per heavy atom. The highest BCUT2D eigenvalue weighted by atomic mass is 16.5. The van der Waals surface area contributed by atoms with E-state index in [1.807, 2.05) is 30.3 Å². The Labute approximate surface area is 115 Å². The number of rotatable bonds is 5. The van der Waals surface area contributed by atoms with Gasteiger partial charge in [-0.15, -0.1) is 0 Å². The number of hydrogen-bond acceptors (Lipinski definition) is 3. The Balaban J connectivity index is 2.02. The lowest BCUT2D eigenvalue weighted by Crippen LogP contribution is -2.41. The van der Waals surface area contributed by atoms with Crippen LogP contribution in [0.3, 0.4) is 0 Å². The first-order valence-electron chi connectivity index (χ1n) is 6.85. The minimum Gasteiger partial charge on any atom is -0.387 e. The fourth-order valence-electron chi connectivity index (χ4n) is 2.63. The molecule has 0 amide bonds. The summed E-state index contributed by atoms with van der Waals surface area (Å²) < 4.78 is 5.39. The number of nitrogens with one attached hydrogen (secondary N) is 1. The minimum atomic E-state index is -0.0194. The van der Waals surface area contributed by atoms with Crippen LogP contribution in [-0.2, 0) is 4.74 Å². The molecule has 1 aliphatic rings. The fourth-order valence-corrected chi connectivity index (χ4v) is 2.63. The van der Waals surface area contributed by atoms with Gasteiger partial charge in [0.25, 0.3) is 0 Å². The first-order chi connectivity index (χ1) is 9.18. The number of amidine groups is 1. The Morgan fingerprint density at radius 1 is 1.37 bits per heavy atom. The average molecular weight is 261 g/mol. The zero-order valence-electron chi connectivity index (χ0n) is 11.5. The van der Waals surface area contributed by atoms with Crippen LogP contribution < -0.4 is 5.73 Å². The number of hydrogen-bond donors (Lipinski definition) is 2. The molecule has 1 aromatic carbocycles. The summed E-state index contributed by atoms with van der Waals surface area (Å²) in [7, 11) is 2.12. The van der Waals surface area contributed by atoms with E-state index in [1.54, 1.807) is 0 Å². The van der Waals surface area contributed by atoms with Crippen molar-refractivity contribution in [2.24, 2.45) is 5.73 Å². The van der Waals surface area contributed by atoms with Crippen LogP contribution in [0.5, 0.6) is 0 Å². The number of benzene rings is 1. The van der Waals surface area contributed by atoms with Crippen molar-refractivity contribution < 1.29 is 4.74 Å². The highest BCUT2D eigenvalue weighted by Crippen LogP contribution is 2.20. The highest BCUT2D eigenvalue weighted by molar-refractivity contribution is 5.84. The lowest BCUT2D eigenvalue weighted by atomic mass is 9.96. The molecule has 4 heteroatoms. The van der Waals surface area contributed by atoms with E-state index >= 15 is 0 Å². The third-order valence-electron chi connectivity index (χ3n) is 3.86. The van der Waals surface area contributed by atoms with Gasteiger partial charge in [-0.1, -0.05) is 30.3 Å². The summed E-state index contributed by atoms with van der Waals surface area (Å²) >= 11 is 0. The van der Waals surface area contributed by atoms with Crippen molar-refractivity contribution in [2.75, 3.05) is 26.8 Å². The van der Waals surface area contributed by atoms with Crippen molar-refractivity contribution in [1.82, 2.24) is 4.90 Å². The van der Waals surface area contributed by atoms with E-state index in [2.05, 4.69) is 11.9 Å². The summed E-state index contributed by atoms with van der Waals surface area (Å²) in [6.45, 7) is 2.47. The van der Waals surface area contributed by atoms with Crippen LogP contribution in [0.25, 0.3) is 0 Å². The molecule has 2 rings (SSSR count). The predicted molar refractivity (Wildman–Crippen MR) is 77.6 cm³/mol. The van der Waals surface area contributed by atoms with E-state index in [1.165, 1.54) is 0 Å². The second-order valence-electron chi connectivity index (χ2n) is 5.20. The summed E-state index contributed by atoms with van der Waals surface area (Å²) in [5, 5.41) is 7.82. The van der Waals surface area contributed by atoms with Crippen molar-refractivity contribution in [1.29, 1.82) is 5.41 Å². The Bertz CT molecular complexity index is 401. The largest absolute Gasteiger partial charge is 0.387 e. The van der Waals surface area contributed by atoms with Gasteiger partial charge in [0, 0.05) is 25.8 Å². The van der Waals surface area contributed by atoms with Gasteiger partial charge in [-0.3, -0.25) is 5.41 Å². The van der Waals surface area contributed by atoms with Crippen molar-refractivity contribution in [3.63, 3.8) is 0 Å². The molecule has 0 spiro atoms. The molecule has 1 fully saturated rings. The maximum absolute atomic E-state index is 7.82. The van der Waals surface area contributed by atoms with Gasteiger partial charge in [0.15, 0.2) is 0 Å². The van der Waals surface area contributed by atoms with Gasteiger partial charge in [-0.2, -0.15) is 0 Å². The monoisotopic (exact) mass is 261 g/mol. The smallest absolute Gasteiger partial charge is 0.0995 e. The van der Waals surface area contributed by atoms with Crippen molar-refractivity contribution in [2.45, 2.75) is 24.8 Å². The van der Waals surface area contributed by atoms with Gasteiger partial charge < -0.3 is 15.4 Å². The van der Waals surface area contributed by atoms with E-state index in [9.17, 15) is 0 Å². The van der Waals surface area contributed by atoms with Crippen LogP contribution in [-0.4, -0.2) is 43.6 Å². The van der Waals surface area contributed by atoms with Crippen molar-refractivity contribution >= 4 is 5.84 Å². The first kappa shape index (κ1) is 14.0. The molecule has 4 nitrogen and oxygen atoms in total. The number of likely N-dealkylation sites (N-methyl/N-ethyl adjacent to an activating group) is 1. The summed E-state index contributed by atoms with van der Waals surface area (Å²) in [5.41, 5.74) is 6.90. The lowest BCUT2D eigenvalue weighted by Gasteiger charge is -2.33. The van der Waals surface area contributed by atoms with E-state index in [0.717, 1.165) is 38.2 Å². The molecule has 19 heavy (non-hydrogen) atoms. The lowest BCUT2D eigenvalue weighted by molar-refractivity contribution is 0.0427. The summed E-state index contributed by atoms with van der Waals surface area (Å²) in [6, 6.07) is 10.6. The zero-order chi connectivity index (χ0) is 13.7. The third-order valence-corrected chi connectivity index (χ3v) is 3.86. The summed E-state index contributed by atoms with van der Waals surface area (Å²) in [5.74, 6) is 0.221. The van der Waals surface area contributed by atoms with E-state index in [-0.39, 0.29) is 11.8 Å². The van der Waals surface area contributed by atoms with Crippen LogP contribution in [0, 0.1) is 5.41 Å². The fraction of sp³-hybridized carbons (Fsp3) is 0.533. The van der Waals surface area contributed by atoms with Gasteiger partial charge in [-0.05, 0) is 25.5 Å². The minimum absolute atomic E-state index is 0.0194. The molecule has 3 N–H and O–H groups in total. The number of nitrogens with zero attached hydrogens (tertiary/aromatic N) is 1. The maximum atomic E-state index is 7.82. The summed E-state index contributed by atoms with van der Waals surface area (Å²) in [6.07, 6.45) is 2.13. The Kier molecular flexibility index (Phi) is 4.93. The van der Waals surface area contributed by atoms with Crippen LogP contribution in [0.4, 0.5) is 0 Å². The van der Waals surface area contributed by atoms with Crippen molar-refractivity contribution in [3.8, 4) is 0 Å².